The predicted octanol–water partition coefficient (Wildman–Crippen LogP) is 3.75. The highest BCUT2D eigenvalue weighted by Crippen LogP contribution is 2.23. The van der Waals surface area contributed by atoms with Gasteiger partial charge in [0.25, 0.3) is 0 Å². The standard InChI is InChI=1S/C17H21N3O/c1-3-18-17(21)20-16-11-7-10-15(13(16)2)19-12-14-8-5-4-6-9-14/h4-11,19H,3,12H2,1-2H3,(H2,18,20,21). The first kappa shape index (κ1) is 14.9. The van der Waals surface area contributed by atoms with Gasteiger partial charge >= 0.3 is 6.03 Å². The van der Waals surface area contributed by atoms with Crippen LogP contribution in [0.3, 0.4) is 0 Å². The van der Waals surface area contributed by atoms with Gasteiger partial charge in [0.05, 0.1) is 0 Å². The van der Waals surface area contributed by atoms with Crippen LogP contribution in [0.5, 0.6) is 0 Å². The summed E-state index contributed by atoms with van der Waals surface area (Å²) in [7, 11) is 0. The first-order valence-corrected chi connectivity index (χ1v) is 7.13. The van der Waals surface area contributed by atoms with Crippen LogP contribution >= 0.6 is 0 Å². The maximum atomic E-state index is 11.6. The number of carbonyl (C=O) groups excluding carboxylic acids is 1. The molecule has 2 aromatic rings. The van der Waals surface area contributed by atoms with Crippen molar-refractivity contribution in [2.24, 2.45) is 0 Å². The van der Waals surface area contributed by atoms with Crippen molar-refractivity contribution in [1.82, 2.24) is 5.32 Å². The minimum Gasteiger partial charge on any atom is -0.381 e. The molecular formula is C17H21N3O. The highest BCUT2D eigenvalue weighted by atomic mass is 16.2. The minimum atomic E-state index is -0.180. The molecule has 0 bridgehead atoms. The molecule has 0 aliphatic heterocycles. The average molecular weight is 283 g/mol. The number of amides is 2. The van der Waals surface area contributed by atoms with E-state index in [4.69, 9.17) is 0 Å². The Hall–Kier alpha value is -2.49. The fraction of sp³-hybridized carbons (Fsp3) is 0.235. The summed E-state index contributed by atoms with van der Waals surface area (Å²) in [5.74, 6) is 0. The molecule has 0 spiro atoms. The average Bonchev–Trinajstić information content (AvgIpc) is 2.49. The first-order valence-electron chi connectivity index (χ1n) is 7.13. The predicted molar refractivity (Wildman–Crippen MR) is 87.6 cm³/mol. The van der Waals surface area contributed by atoms with Crippen LogP contribution in [0.4, 0.5) is 16.2 Å². The minimum absolute atomic E-state index is 0.180. The van der Waals surface area contributed by atoms with E-state index in [2.05, 4.69) is 28.1 Å². The fourth-order valence-electron chi connectivity index (χ4n) is 2.08. The van der Waals surface area contributed by atoms with Crippen molar-refractivity contribution in [2.45, 2.75) is 20.4 Å². The Morgan fingerprint density at radius 1 is 1.00 bits per heavy atom. The zero-order valence-electron chi connectivity index (χ0n) is 12.4. The monoisotopic (exact) mass is 283 g/mol. The Balaban J connectivity index is 2.05. The summed E-state index contributed by atoms with van der Waals surface area (Å²) in [4.78, 5) is 11.6. The van der Waals surface area contributed by atoms with Gasteiger partial charge in [-0.05, 0) is 37.1 Å². The van der Waals surface area contributed by atoms with Gasteiger partial charge in [0.1, 0.15) is 0 Å². The molecule has 0 saturated carbocycles. The van der Waals surface area contributed by atoms with Crippen LogP contribution in [0.15, 0.2) is 48.5 Å². The quantitative estimate of drug-likeness (QED) is 0.782. The summed E-state index contributed by atoms with van der Waals surface area (Å²) in [6, 6.07) is 15.9. The van der Waals surface area contributed by atoms with E-state index in [0.717, 1.165) is 23.5 Å². The summed E-state index contributed by atoms with van der Waals surface area (Å²) in [5.41, 5.74) is 4.09. The Morgan fingerprint density at radius 2 is 1.71 bits per heavy atom. The smallest absolute Gasteiger partial charge is 0.319 e. The second-order valence-electron chi connectivity index (χ2n) is 4.80. The van der Waals surface area contributed by atoms with Crippen LogP contribution < -0.4 is 16.0 Å². The summed E-state index contributed by atoms with van der Waals surface area (Å²) in [5, 5.41) is 8.99. The van der Waals surface area contributed by atoms with Gasteiger partial charge in [-0.1, -0.05) is 36.4 Å². The molecule has 4 heteroatoms. The summed E-state index contributed by atoms with van der Waals surface area (Å²) in [6.07, 6.45) is 0. The first-order chi connectivity index (χ1) is 10.2. The molecule has 0 aromatic heterocycles. The third kappa shape index (κ3) is 4.24. The molecule has 0 aliphatic rings. The van der Waals surface area contributed by atoms with Crippen LogP contribution in [-0.4, -0.2) is 12.6 Å². The molecule has 2 amide bonds. The maximum Gasteiger partial charge on any atom is 0.319 e. The highest BCUT2D eigenvalue weighted by molar-refractivity contribution is 5.91. The third-order valence-corrected chi connectivity index (χ3v) is 3.25. The number of hydrogen-bond donors (Lipinski definition) is 3. The molecule has 0 saturated heterocycles. The number of hydrogen-bond acceptors (Lipinski definition) is 2. The van der Waals surface area contributed by atoms with Gasteiger partial charge in [-0.2, -0.15) is 0 Å². The van der Waals surface area contributed by atoms with Crippen molar-refractivity contribution in [3.8, 4) is 0 Å². The molecule has 4 nitrogen and oxygen atoms in total. The number of anilines is 2. The number of rotatable bonds is 5. The molecule has 0 radical (unpaired) electrons. The molecule has 3 N–H and O–H groups in total. The molecule has 0 heterocycles. The van der Waals surface area contributed by atoms with Crippen LogP contribution in [0.1, 0.15) is 18.1 Å². The lowest BCUT2D eigenvalue weighted by Crippen LogP contribution is -2.28. The topological polar surface area (TPSA) is 53.2 Å². The van der Waals surface area contributed by atoms with E-state index in [0.29, 0.717) is 6.54 Å². The number of nitrogens with one attached hydrogen (secondary N) is 3. The Labute approximate surface area is 125 Å². The Morgan fingerprint density at radius 3 is 2.43 bits per heavy atom. The largest absolute Gasteiger partial charge is 0.381 e. The summed E-state index contributed by atoms with van der Waals surface area (Å²) in [6.45, 7) is 5.25. The zero-order valence-corrected chi connectivity index (χ0v) is 12.4. The van der Waals surface area contributed by atoms with E-state index in [-0.39, 0.29) is 6.03 Å². The second-order valence-corrected chi connectivity index (χ2v) is 4.80. The van der Waals surface area contributed by atoms with Crippen LogP contribution in [0.2, 0.25) is 0 Å². The summed E-state index contributed by atoms with van der Waals surface area (Å²) >= 11 is 0. The second kappa shape index (κ2) is 7.33. The molecule has 2 aromatic carbocycles. The van der Waals surface area contributed by atoms with Gasteiger partial charge in [-0.3, -0.25) is 0 Å². The molecule has 0 fully saturated rings. The normalized spacial score (nSPS) is 10.0. The molecule has 110 valence electrons. The van der Waals surface area contributed by atoms with Gasteiger partial charge in [-0.15, -0.1) is 0 Å². The number of carbonyl (C=O) groups is 1. The fourth-order valence-corrected chi connectivity index (χ4v) is 2.08. The van der Waals surface area contributed by atoms with E-state index in [1.54, 1.807) is 0 Å². The molecule has 0 atom stereocenters. The van der Waals surface area contributed by atoms with Gasteiger partial charge in [0.15, 0.2) is 0 Å². The van der Waals surface area contributed by atoms with Gasteiger partial charge < -0.3 is 16.0 Å². The zero-order chi connectivity index (χ0) is 15.1. The Bertz CT molecular complexity index is 596. The lowest BCUT2D eigenvalue weighted by atomic mass is 10.1. The molecule has 2 rings (SSSR count). The van der Waals surface area contributed by atoms with E-state index in [1.807, 2.05) is 50.2 Å². The van der Waals surface area contributed by atoms with Gasteiger partial charge in [0, 0.05) is 24.5 Å². The van der Waals surface area contributed by atoms with E-state index in [1.165, 1.54) is 5.56 Å². The van der Waals surface area contributed by atoms with Crippen molar-refractivity contribution in [1.29, 1.82) is 0 Å². The van der Waals surface area contributed by atoms with Crippen molar-refractivity contribution >= 4 is 17.4 Å². The number of benzene rings is 2. The van der Waals surface area contributed by atoms with Crippen LogP contribution in [0.25, 0.3) is 0 Å². The molecule has 0 unspecified atom stereocenters. The van der Waals surface area contributed by atoms with Crippen molar-refractivity contribution in [2.75, 3.05) is 17.2 Å². The third-order valence-electron chi connectivity index (χ3n) is 3.25. The lowest BCUT2D eigenvalue weighted by Gasteiger charge is -2.14. The van der Waals surface area contributed by atoms with Gasteiger partial charge in [-0.25, -0.2) is 4.79 Å². The van der Waals surface area contributed by atoms with E-state index >= 15 is 0 Å². The summed E-state index contributed by atoms with van der Waals surface area (Å²) < 4.78 is 0. The van der Waals surface area contributed by atoms with Crippen LogP contribution in [-0.2, 0) is 6.54 Å². The SMILES string of the molecule is CCNC(=O)Nc1cccc(NCc2ccccc2)c1C. The van der Waals surface area contributed by atoms with E-state index < -0.39 is 0 Å². The van der Waals surface area contributed by atoms with E-state index in [9.17, 15) is 4.79 Å². The van der Waals surface area contributed by atoms with Crippen LogP contribution in [0, 0.1) is 6.92 Å². The number of urea groups is 1. The highest BCUT2D eigenvalue weighted by Gasteiger charge is 2.06. The van der Waals surface area contributed by atoms with Crippen molar-refractivity contribution in [3.05, 3.63) is 59.7 Å². The lowest BCUT2D eigenvalue weighted by molar-refractivity contribution is 0.252. The van der Waals surface area contributed by atoms with Crippen molar-refractivity contribution < 1.29 is 4.79 Å². The maximum absolute atomic E-state index is 11.6. The molecular weight excluding hydrogens is 262 g/mol. The molecule has 0 aliphatic carbocycles. The van der Waals surface area contributed by atoms with Gasteiger partial charge in [0.2, 0.25) is 0 Å². The Kier molecular flexibility index (Phi) is 5.21. The van der Waals surface area contributed by atoms with Crippen molar-refractivity contribution in [3.63, 3.8) is 0 Å². The molecule has 21 heavy (non-hydrogen) atoms.